The van der Waals surface area contributed by atoms with Gasteiger partial charge in [0, 0.05) is 45.5 Å². The molecule has 3 aliphatic rings. The molecule has 7 nitrogen and oxygen atoms in total. The Morgan fingerprint density at radius 1 is 1.00 bits per heavy atom. The summed E-state index contributed by atoms with van der Waals surface area (Å²) in [6.45, 7) is 6.08. The molecular weight excluding hydrogens is 665 g/mol. The molecule has 2 unspecified atom stereocenters. The lowest BCUT2D eigenvalue weighted by molar-refractivity contribution is 0.102. The van der Waals surface area contributed by atoms with Gasteiger partial charge in [0.2, 0.25) is 5.88 Å². The Bertz CT molecular complexity index is 2100. The number of H-pyrrole nitrogens is 1. The van der Waals surface area contributed by atoms with Crippen molar-refractivity contribution in [1.29, 1.82) is 0 Å². The van der Waals surface area contributed by atoms with Crippen molar-refractivity contribution in [3.8, 4) is 5.88 Å². The molecular formula is C41H39Cl2N5O2. The van der Waals surface area contributed by atoms with E-state index in [9.17, 15) is 4.79 Å². The molecule has 5 heterocycles. The quantitative estimate of drug-likeness (QED) is 0.150. The molecule has 0 spiro atoms. The van der Waals surface area contributed by atoms with E-state index >= 15 is 0 Å². The summed E-state index contributed by atoms with van der Waals surface area (Å²) in [7, 11) is 0. The van der Waals surface area contributed by atoms with E-state index in [1.54, 1.807) is 6.20 Å². The monoisotopic (exact) mass is 703 g/mol. The summed E-state index contributed by atoms with van der Waals surface area (Å²) < 4.78 is 6.14. The van der Waals surface area contributed by atoms with Gasteiger partial charge < -0.3 is 24.8 Å². The van der Waals surface area contributed by atoms with E-state index in [2.05, 4.69) is 80.7 Å². The highest BCUT2D eigenvalue weighted by Crippen LogP contribution is 2.52. The van der Waals surface area contributed by atoms with Crippen LogP contribution in [0.1, 0.15) is 71.4 Å². The van der Waals surface area contributed by atoms with Gasteiger partial charge in [0.15, 0.2) is 0 Å². The first-order valence-corrected chi connectivity index (χ1v) is 18.2. The zero-order valence-corrected chi connectivity index (χ0v) is 29.5. The molecule has 3 aliphatic heterocycles. The third-order valence-electron chi connectivity index (χ3n) is 10.0. The van der Waals surface area contributed by atoms with Gasteiger partial charge in [-0.25, -0.2) is 4.98 Å². The van der Waals surface area contributed by atoms with E-state index in [0.29, 0.717) is 33.9 Å². The maximum atomic E-state index is 14.6. The Labute approximate surface area is 302 Å². The van der Waals surface area contributed by atoms with E-state index in [1.165, 1.54) is 18.4 Å². The van der Waals surface area contributed by atoms with Gasteiger partial charge in [0.1, 0.15) is 11.4 Å². The molecule has 5 aromatic rings. The highest BCUT2D eigenvalue weighted by molar-refractivity contribution is 6.32. The van der Waals surface area contributed by atoms with Gasteiger partial charge in [-0.05, 0) is 103 Å². The van der Waals surface area contributed by atoms with Crippen molar-refractivity contribution < 1.29 is 9.53 Å². The number of fused-ring (bicyclic) bond motifs is 2. The van der Waals surface area contributed by atoms with Crippen LogP contribution in [0, 0.1) is 5.92 Å². The number of hydrogen-bond acceptors (Lipinski definition) is 5. The summed E-state index contributed by atoms with van der Waals surface area (Å²) in [5, 5.41) is 5.40. The molecule has 8 rings (SSSR count). The van der Waals surface area contributed by atoms with Crippen LogP contribution in [-0.4, -0.2) is 51.9 Å². The van der Waals surface area contributed by atoms with Crippen LogP contribution >= 0.6 is 23.2 Å². The fourth-order valence-corrected chi connectivity index (χ4v) is 8.15. The molecule has 2 atom stereocenters. The number of allylic oxidation sites excluding steroid dienone is 2. The highest BCUT2D eigenvalue weighted by atomic mass is 35.5. The number of halogens is 2. The van der Waals surface area contributed by atoms with Crippen molar-refractivity contribution in [3.05, 3.63) is 135 Å². The molecule has 9 heteroatoms. The number of rotatable bonds is 9. The Morgan fingerprint density at radius 3 is 2.60 bits per heavy atom. The summed E-state index contributed by atoms with van der Waals surface area (Å²) in [6, 6.07) is 25.9. The first-order valence-electron chi connectivity index (χ1n) is 17.4. The van der Waals surface area contributed by atoms with E-state index in [4.69, 9.17) is 27.9 Å². The fourth-order valence-electron chi connectivity index (χ4n) is 7.80. The minimum Gasteiger partial charge on any atom is -0.476 e. The smallest absolute Gasteiger partial charge is 0.272 e. The van der Waals surface area contributed by atoms with Crippen LogP contribution in [-0.2, 0) is 0 Å². The molecule has 2 aromatic heterocycles. The maximum Gasteiger partial charge on any atom is 0.272 e. The molecule has 0 bridgehead atoms. The predicted octanol–water partition coefficient (Wildman–Crippen LogP) is 9.81. The van der Waals surface area contributed by atoms with Crippen molar-refractivity contribution in [3.63, 3.8) is 0 Å². The number of benzene rings is 3. The van der Waals surface area contributed by atoms with Crippen LogP contribution in [0.25, 0.3) is 22.2 Å². The molecule has 0 radical (unpaired) electrons. The Hall–Kier alpha value is -4.56. The Morgan fingerprint density at radius 2 is 1.80 bits per heavy atom. The average molecular weight is 705 g/mol. The van der Waals surface area contributed by atoms with Crippen molar-refractivity contribution in [1.82, 2.24) is 19.8 Å². The number of aromatic nitrogens is 2. The second-order valence-electron chi connectivity index (χ2n) is 13.4. The number of nitrogens with one attached hydrogen (secondary N) is 2. The van der Waals surface area contributed by atoms with Gasteiger partial charge >= 0.3 is 0 Å². The molecule has 254 valence electrons. The number of amides is 1. The zero-order valence-electron chi connectivity index (χ0n) is 28.0. The van der Waals surface area contributed by atoms with Gasteiger partial charge in [-0.1, -0.05) is 78.7 Å². The maximum absolute atomic E-state index is 14.6. The first kappa shape index (κ1) is 32.6. The largest absolute Gasteiger partial charge is 0.476 e. The number of carbonyl (C=O) groups excluding carboxylic acids is 1. The van der Waals surface area contributed by atoms with E-state index < -0.39 is 0 Å². The lowest BCUT2D eigenvalue weighted by Gasteiger charge is -2.39. The van der Waals surface area contributed by atoms with Crippen LogP contribution in [0.15, 0.2) is 97.3 Å². The van der Waals surface area contributed by atoms with Gasteiger partial charge in [-0.2, -0.15) is 0 Å². The van der Waals surface area contributed by atoms with Crippen LogP contribution in [0.3, 0.4) is 0 Å². The van der Waals surface area contributed by atoms with Crippen LogP contribution in [0.5, 0.6) is 5.88 Å². The minimum atomic E-state index is -0.279. The van der Waals surface area contributed by atoms with Crippen LogP contribution in [0.4, 0.5) is 5.69 Å². The predicted molar refractivity (Wildman–Crippen MR) is 203 cm³/mol. The molecule has 2 N–H and O–H groups in total. The molecule has 0 aliphatic carbocycles. The van der Waals surface area contributed by atoms with Gasteiger partial charge in [-0.15, -0.1) is 0 Å². The van der Waals surface area contributed by atoms with Crippen molar-refractivity contribution in [2.24, 2.45) is 5.92 Å². The number of anilines is 1. The molecule has 3 aromatic carbocycles. The van der Waals surface area contributed by atoms with Crippen LogP contribution in [0.2, 0.25) is 10.0 Å². The number of carbonyl (C=O) groups is 1. The summed E-state index contributed by atoms with van der Waals surface area (Å²) in [6.07, 6.45) is 10.4. The normalized spacial score (nSPS) is 18.7. The van der Waals surface area contributed by atoms with Crippen molar-refractivity contribution in [2.45, 2.75) is 38.6 Å². The number of aromatic amines is 1. The summed E-state index contributed by atoms with van der Waals surface area (Å²) in [5.74, 6) is 0.308. The second kappa shape index (κ2) is 14.0. The topological polar surface area (TPSA) is 73.5 Å². The molecule has 1 amide bonds. The number of pyridine rings is 1. The van der Waals surface area contributed by atoms with Gasteiger partial charge in [0.25, 0.3) is 5.91 Å². The minimum absolute atomic E-state index is 0.174. The standard InChI is InChI=1S/C41H39Cl2N5O2/c1-26-10-8-22-48-38(28-14-16-29(42)17-15-28)31-24-30(43)25-33-35(31)36(39(48)34(26)27-11-3-2-4-12-27)37(45-33)40(49)46-32-13-7-18-44-41(32)50-23-9-21-47-19-5-6-20-47/h2-4,7-8,11-18,22,24-26,38,45H,5-6,9-10,19-21,23H2,1H3,(H,46,49). The Kier molecular flexibility index (Phi) is 9.13. The molecule has 1 fully saturated rings. The zero-order chi connectivity index (χ0) is 34.2. The molecule has 50 heavy (non-hydrogen) atoms. The molecule has 1 saturated heterocycles. The van der Waals surface area contributed by atoms with E-state index in [-0.39, 0.29) is 17.9 Å². The fraction of sp³-hybridized carbons (Fsp3) is 0.268. The SMILES string of the molecule is CC1CC=CN2C(=C1c1ccccc1)c1c(C(=O)Nc3cccnc3OCCCN3CCCC3)[nH]c3cc(Cl)cc(c13)C2c1ccc(Cl)cc1. The third kappa shape index (κ3) is 6.19. The number of ether oxygens (including phenoxy) is 1. The van der Waals surface area contributed by atoms with Crippen LogP contribution < -0.4 is 10.1 Å². The third-order valence-corrected chi connectivity index (χ3v) is 10.5. The second-order valence-corrected chi connectivity index (χ2v) is 14.2. The van der Waals surface area contributed by atoms with E-state index in [1.807, 2.05) is 42.5 Å². The molecule has 0 saturated carbocycles. The number of likely N-dealkylation sites (tertiary alicyclic amines) is 1. The van der Waals surface area contributed by atoms with Gasteiger partial charge in [-0.3, -0.25) is 4.79 Å². The summed E-state index contributed by atoms with van der Waals surface area (Å²) in [5.41, 5.74) is 8.01. The van der Waals surface area contributed by atoms with Gasteiger partial charge in [0.05, 0.1) is 18.3 Å². The number of nitrogens with zero attached hydrogens (tertiary/aromatic N) is 3. The number of hydrogen-bond donors (Lipinski definition) is 2. The lowest BCUT2D eigenvalue weighted by atomic mass is 9.82. The summed E-state index contributed by atoms with van der Waals surface area (Å²) >= 11 is 13.2. The van der Waals surface area contributed by atoms with Crippen molar-refractivity contribution in [2.75, 3.05) is 31.6 Å². The van der Waals surface area contributed by atoms with Crippen molar-refractivity contribution >= 4 is 57.0 Å². The average Bonchev–Trinajstić information content (AvgIpc) is 3.74. The Balaban J connectivity index is 1.26. The summed E-state index contributed by atoms with van der Waals surface area (Å²) in [4.78, 5) is 27.4. The first-order chi connectivity index (χ1) is 24.5. The highest BCUT2D eigenvalue weighted by Gasteiger charge is 2.39. The van der Waals surface area contributed by atoms with E-state index in [0.717, 1.165) is 71.3 Å². The lowest BCUT2D eigenvalue weighted by Crippen LogP contribution is -2.29.